The summed E-state index contributed by atoms with van der Waals surface area (Å²) in [5, 5.41) is 0. The molecule has 0 spiro atoms. The molecule has 3 nitrogen and oxygen atoms in total. The molecule has 0 fully saturated rings. The average Bonchev–Trinajstić information content (AvgIpc) is 2.83. The minimum absolute atomic E-state index is 0.123. The minimum Gasteiger partial charge on any atom is -0.493 e. The standard InChI is InChI=1S/C14H13BrCl2O3S/c1-18-9-4-7(5-10(19-2)13(9)20-3)12(15)8-6-11(16)21-14(8)17/h4-6,12H,1-3H3. The van der Waals surface area contributed by atoms with Crippen molar-refractivity contribution >= 4 is 50.5 Å². The zero-order valence-corrected chi connectivity index (χ0v) is 15.5. The maximum Gasteiger partial charge on any atom is 0.203 e. The Bertz CT molecular complexity index is 620. The van der Waals surface area contributed by atoms with Crippen molar-refractivity contribution in [2.24, 2.45) is 0 Å². The van der Waals surface area contributed by atoms with Crippen LogP contribution >= 0.6 is 50.5 Å². The van der Waals surface area contributed by atoms with E-state index in [0.29, 0.717) is 25.9 Å². The van der Waals surface area contributed by atoms with Crippen molar-refractivity contribution in [2.45, 2.75) is 4.83 Å². The number of hydrogen-bond acceptors (Lipinski definition) is 4. The summed E-state index contributed by atoms with van der Waals surface area (Å²) in [7, 11) is 4.73. The molecule has 2 aromatic rings. The molecule has 0 N–H and O–H groups in total. The largest absolute Gasteiger partial charge is 0.493 e. The fraction of sp³-hybridized carbons (Fsp3) is 0.286. The summed E-state index contributed by atoms with van der Waals surface area (Å²) in [6, 6.07) is 5.60. The molecule has 1 atom stereocenters. The van der Waals surface area contributed by atoms with Crippen LogP contribution in [-0.4, -0.2) is 21.3 Å². The molecule has 1 aromatic carbocycles. The lowest BCUT2D eigenvalue weighted by molar-refractivity contribution is 0.324. The molecule has 0 bridgehead atoms. The van der Waals surface area contributed by atoms with Gasteiger partial charge in [-0.15, -0.1) is 11.3 Å². The van der Waals surface area contributed by atoms with E-state index in [4.69, 9.17) is 37.4 Å². The van der Waals surface area contributed by atoms with Gasteiger partial charge in [0.15, 0.2) is 11.5 Å². The van der Waals surface area contributed by atoms with E-state index in [1.165, 1.54) is 11.3 Å². The van der Waals surface area contributed by atoms with Gasteiger partial charge in [0.05, 0.1) is 34.8 Å². The third-order valence-electron chi connectivity index (χ3n) is 2.94. The summed E-state index contributed by atoms with van der Waals surface area (Å²) in [6.45, 7) is 0. The third-order valence-corrected chi connectivity index (χ3v) is 5.48. The van der Waals surface area contributed by atoms with Gasteiger partial charge in [0.25, 0.3) is 0 Å². The van der Waals surface area contributed by atoms with Gasteiger partial charge in [0.1, 0.15) is 0 Å². The highest BCUT2D eigenvalue weighted by atomic mass is 79.9. The van der Waals surface area contributed by atoms with Crippen molar-refractivity contribution in [3.05, 3.63) is 38.0 Å². The molecule has 0 saturated carbocycles. The van der Waals surface area contributed by atoms with Gasteiger partial charge in [0.2, 0.25) is 5.75 Å². The van der Waals surface area contributed by atoms with Crippen LogP contribution < -0.4 is 14.2 Å². The quantitative estimate of drug-likeness (QED) is 0.602. The van der Waals surface area contributed by atoms with Crippen LogP contribution in [0.1, 0.15) is 16.0 Å². The Balaban J connectivity index is 2.51. The van der Waals surface area contributed by atoms with Crippen molar-refractivity contribution in [1.29, 1.82) is 0 Å². The first-order valence-electron chi connectivity index (χ1n) is 5.90. The first-order valence-corrected chi connectivity index (χ1v) is 8.39. The summed E-state index contributed by atoms with van der Waals surface area (Å²) in [6.07, 6.45) is 0. The first-order chi connectivity index (χ1) is 10.0. The maximum absolute atomic E-state index is 6.21. The maximum atomic E-state index is 6.21. The van der Waals surface area contributed by atoms with Crippen LogP contribution in [-0.2, 0) is 0 Å². The topological polar surface area (TPSA) is 27.7 Å². The number of ether oxygens (including phenoxy) is 3. The second-order valence-electron chi connectivity index (χ2n) is 4.10. The highest BCUT2D eigenvalue weighted by Crippen LogP contribution is 2.46. The molecule has 1 heterocycles. The van der Waals surface area contributed by atoms with Gasteiger partial charge < -0.3 is 14.2 Å². The van der Waals surface area contributed by atoms with Gasteiger partial charge in [-0.1, -0.05) is 39.1 Å². The molecule has 0 aliphatic carbocycles. The van der Waals surface area contributed by atoms with Gasteiger partial charge in [-0.05, 0) is 23.8 Å². The first kappa shape index (κ1) is 16.7. The normalized spacial score (nSPS) is 12.1. The van der Waals surface area contributed by atoms with Crippen molar-refractivity contribution in [3.63, 3.8) is 0 Å². The Morgan fingerprint density at radius 1 is 1.00 bits per heavy atom. The van der Waals surface area contributed by atoms with Crippen LogP contribution in [0.4, 0.5) is 0 Å². The second kappa shape index (κ2) is 7.09. The molecule has 0 radical (unpaired) electrons. The van der Waals surface area contributed by atoms with Crippen LogP contribution in [0.15, 0.2) is 18.2 Å². The van der Waals surface area contributed by atoms with Gasteiger partial charge >= 0.3 is 0 Å². The summed E-state index contributed by atoms with van der Waals surface area (Å²) in [5.74, 6) is 1.74. The Morgan fingerprint density at radius 2 is 1.57 bits per heavy atom. The Morgan fingerprint density at radius 3 is 1.95 bits per heavy atom. The lowest BCUT2D eigenvalue weighted by Crippen LogP contribution is -1.99. The highest BCUT2D eigenvalue weighted by Gasteiger charge is 2.21. The lowest BCUT2D eigenvalue weighted by Gasteiger charge is -2.16. The number of rotatable bonds is 5. The van der Waals surface area contributed by atoms with Crippen LogP contribution in [0.5, 0.6) is 17.2 Å². The van der Waals surface area contributed by atoms with Gasteiger partial charge in [-0.25, -0.2) is 0 Å². The molecular formula is C14H13BrCl2O3S. The van der Waals surface area contributed by atoms with Gasteiger partial charge in [0, 0.05) is 5.56 Å². The third kappa shape index (κ3) is 3.42. The zero-order chi connectivity index (χ0) is 15.6. The van der Waals surface area contributed by atoms with Crippen molar-refractivity contribution in [2.75, 3.05) is 21.3 Å². The Hall–Kier alpha value is -0.620. The van der Waals surface area contributed by atoms with Crippen LogP contribution in [0.2, 0.25) is 8.67 Å². The number of hydrogen-bond donors (Lipinski definition) is 0. The number of alkyl halides is 1. The SMILES string of the molecule is COc1cc(C(Br)c2cc(Cl)sc2Cl)cc(OC)c1OC. The highest BCUT2D eigenvalue weighted by molar-refractivity contribution is 9.09. The van der Waals surface area contributed by atoms with Gasteiger partial charge in [-0.2, -0.15) is 0 Å². The van der Waals surface area contributed by atoms with E-state index >= 15 is 0 Å². The molecular weight excluding hydrogens is 399 g/mol. The molecule has 21 heavy (non-hydrogen) atoms. The second-order valence-corrected chi connectivity index (χ2v) is 7.30. The molecule has 0 saturated heterocycles. The summed E-state index contributed by atoms with van der Waals surface area (Å²) >= 11 is 17.2. The van der Waals surface area contributed by atoms with E-state index in [2.05, 4.69) is 15.9 Å². The number of thiophene rings is 1. The molecule has 7 heteroatoms. The van der Waals surface area contributed by atoms with Crippen LogP contribution in [0.25, 0.3) is 0 Å². The Kier molecular flexibility index (Phi) is 5.66. The number of methoxy groups -OCH3 is 3. The monoisotopic (exact) mass is 410 g/mol. The molecule has 0 aliphatic rings. The van der Waals surface area contributed by atoms with E-state index in [1.807, 2.05) is 18.2 Å². The van der Waals surface area contributed by atoms with Crippen LogP contribution in [0, 0.1) is 0 Å². The molecule has 0 amide bonds. The summed E-state index contributed by atoms with van der Waals surface area (Å²) < 4.78 is 17.3. The number of halogens is 3. The molecule has 1 aromatic heterocycles. The zero-order valence-electron chi connectivity index (χ0n) is 11.6. The van der Waals surface area contributed by atoms with Gasteiger partial charge in [-0.3, -0.25) is 0 Å². The van der Waals surface area contributed by atoms with Crippen LogP contribution in [0.3, 0.4) is 0 Å². The smallest absolute Gasteiger partial charge is 0.203 e. The van der Waals surface area contributed by atoms with Crippen molar-refractivity contribution in [3.8, 4) is 17.2 Å². The van der Waals surface area contributed by atoms with Crippen molar-refractivity contribution < 1.29 is 14.2 Å². The van der Waals surface area contributed by atoms with E-state index in [1.54, 1.807) is 21.3 Å². The lowest BCUT2D eigenvalue weighted by atomic mass is 10.1. The molecule has 114 valence electrons. The van der Waals surface area contributed by atoms with Crippen molar-refractivity contribution in [1.82, 2.24) is 0 Å². The predicted octanol–water partition coefficient (Wildman–Crippen LogP) is 5.57. The fourth-order valence-electron chi connectivity index (χ4n) is 1.95. The summed E-state index contributed by atoms with van der Waals surface area (Å²) in [5.41, 5.74) is 1.84. The Labute approximate surface area is 145 Å². The number of benzene rings is 1. The minimum atomic E-state index is -0.123. The summed E-state index contributed by atoms with van der Waals surface area (Å²) in [4.78, 5) is -0.123. The average molecular weight is 412 g/mol. The molecule has 2 rings (SSSR count). The predicted molar refractivity (Wildman–Crippen MR) is 91.2 cm³/mol. The fourth-order valence-corrected chi connectivity index (χ4v) is 4.39. The van der Waals surface area contributed by atoms with E-state index in [-0.39, 0.29) is 4.83 Å². The van der Waals surface area contributed by atoms with E-state index < -0.39 is 0 Å². The van der Waals surface area contributed by atoms with E-state index in [0.717, 1.165) is 11.1 Å². The van der Waals surface area contributed by atoms with E-state index in [9.17, 15) is 0 Å². The molecule has 1 unspecified atom stereocenters. The molecule has 0 aliphatic heterocycles.